The molecule has 0 spiro atoms. The predicted molar refractivity (Wildman–Crippen MR) is 63.6 cm³/mol. The predicted octanol–water partition coefficient (Wildman–Crippen LogP) is 3.57. The van der Waals surface area contributed by atoms with Crippen LogP contribution in [0.3, 0.4) is 0 Å². The summed E-state index contributed by atoms with van der Waals surface area (Å²) in [6.45, 7) is 15.7. The van der Waals surface area contributed by atoms with Crippen LogP contribution in [0.15, 0.2) is 12.2 Å². The maximum Gasteiger partial charge on any atom is 0.333 e. The second-order valence-corrected chi connectivity index (χ2v) is 4.79. The van der Waals surface area contributed by atoms with Crippen LogP contribution < -0.4 is 0 Å². The van der Waals surface area contributed by atoms with E-state index in [-0.39, 0.29) is 11.6 Å². The topological polar surface area (TPSA) is 26.3 Å². The molecular weight excluding hydrogens is 188 g/mol. The minimum absolute atomic E-state index is 0.278. The molecule has 0 aromatic rings. The zero-order valence-electron chi connectivity index (χ0n) is 10.9. The molecule has 2 nitrogen and oxygen atoms in total. The van der Waals surface area contributed by atoms with E-state index in [0.29, 0.717) is 17.4 Å². The van der Waals surface area contributed by atoms with Crippen molar-refractivity contribution in [2.45, 2.75) is 53.6 Å². The molecule has 0 heterocycles. The van der Waals surface area contributed by atoms with Gasteiger partial charge in [0.1, 0.15) is 5.60 Å². The number of esters is 1. The van der Waals surface area contributed by atoms with Crippen LogP contribution in [0, 0.1) is 11.8 Å². The van der Waals surface area contributed by atoms with Crippen molar-refractivity contribution in [1.29, 1.82) is 0 Å². The SMILES string of the molecule is C=C(C)C(=O)OC(CC)(C(C)C)C(C)C. The molecule has 0 rings (SSSR count). The Morgan fingerprint density at radius 3 is 1.87 bits per heavy atom. The molecule has 0 aromatic heterocycles. The molecule has 0 aliphatic carbocycles. The van der Waals surface area contributed by atoms with Crippen LogP contribution >= 0.6 is 0 Å². The molecule has 88 valence electrons. The van der Waals surface area contributed by atoms with Gasteiger partial charge in [0, 0.05) is 5.57 Å². The Hall–Kier alpha value is -0.790. The smallest absolute Gasteiger partial charge is 0.333 e. The van der Waals surface area contributed by atoms with Gasteiger partial charge < -0.3 is 4.74 Å². The lowest BCUT2D eigenvalue weighted by molar-refractivity contribution is -0.167. The Morgan fingerprint density at radius 1 is 1.27 bits per heavy atom. The van der Waals surface area contributed by atoms with Gasteiger partial charge >= 0.3 is 5.97 Å². The molecule has 2 heteroatoms. The fourth-order valence-electron chi connectivity index (χ4n) is 2.05. The van der Waals surface area contributed by atoms with E-state index in [1.807, 2.05) is 0 Å². The van der Waals surface area contributed by atoms with Crippen molar-refractivity contribution < 1.29 is 9.53 Å². The van der Waals surface area contributed by atoms with Crippen LogP contribution in [0.1, 0.15) is 48.0 Å². The van der Waals surface area contributed by atoms with Gasteiger partial charge in [-0.25, -0.2) is 4.79 Å². The van der Waals surface area contributed by atoms with E-state index >= 15 is 0 Å². The maximum absolute atomic E-state index is 11.6. The lowest BCUT2D eigenvalue weighted by Gasteiger charge is -2.40. The third-order valence-corrected chi connectivity index (χ3v) is 3.14. The van der Waals surface area contributed by atoms with E-state index in [1.165, 1.54) is 0 Å². The standard InChI is InChI=1S/C13H24O2/c1-8-13(10(4)5,11(6)7)15-12(14)9(2)3/h10-11H,2,8H2,1,3-7H3. The van der Waals surface area contributed by atoms with Crippen LogP contribution in [0.5, 0.6) is 0 Å². The minimum Gasteiger partial charge on any atom is -0.455 e. The van der Waals surface area contributed by atoms with E-state index in [2.05, 4.69) is 41.2 Å². The first-order valence-electron chi connectivity index (χ1n) is 5.66. The van der Waals surface area contributed by atoms with Gasteiger partial charge in [0.05, 0.1) is 0 Å². The molecular formula is C13H24O2. The normalized spacial score (nSPS) is 12.0. The van der Waals surface area contributed by atoms with Gasteiger partial charge in [-0.05, 0) is 25.2 Å². The van der Waals surface area contributed by atoms with Gasteiger partial charge in [-0.1, -0.05) is 41.2 Å². The van der Waals surface area contributed by atoms with Crippen molar-refractivity contribution in [2.24, 2.45) is 11.8 Å². The summed E-state index contributed by atoms with van der Waals surface area (Å²) in [5, 5.41) is 0. The molecule has 0 aliphatic rings. The highest BCUT2D eigenvalue weighted by atomic mass is 16.6. The summed E-state index contributed by atoms with van der Waals surface area (Å²) in [5.41, 5.74) is 0.102. The molecule has 0 atom stereocenters. The molecule has 15 heavy (non-hydrogen) atoms. The molecule has 0 saturated heterocycles. The third-order valence-electron chi connectivity index (χ3n) is 3.14. The van der Waals surface area contributed by atoms with Gasteiger partial charge in [-0.2, -0.15) is 0 Å². The zero-order valence-corrected chi connectivity index (χ0v) is 10.9. The highest BCUT2D eigenvalue weighted by Gasteiger charge is 2.39. The Kier molecular flexibility index (Phi) is 5.06. The number of ether oxygens (including phenoxy) is 1. The number of hydrogen-bond donors (Lipinski definition) is 0. The van der Waals surface area contributed by atoms with Crippen molar-refractivity contribution >= 4 is 5.97 Å². The van der Waals surface area contributed by atoms with Crippen molar-refractivity contribution in [3.05, 3.63) is 12.2 Å². The summed E-state index contributed by atoms with van der Waals surface area (Å²) < 4.78 is 5.63. The monoisotopic (exact) mass is 212 g/mol. The van der Waals surface area contributed by atoms with E-state index in [0.717, 1.165) is 6.42 Å². The molecule has 0 unspecified atom stereocenters. The lowest BCUT2D eigenvalue weighted by atomic mass is 9.78. The number of carbonyl (C=O) groups is 1. The molecule has 0 radical (unpaired) electrons. The quantitative estimate of drug-likeness (QED) is 0.514. The summed E-state index contributed by atoms with van der Waals surface area (Å²) in [6, 6.07) is 0. The van der Waals surface area contributed by atoms with Crippen molar-refractivity contribution in [2.75, 3.05) is 0 Å². The lowest BCUT2D eigenvalue weighted by Crippen LogP contribution is -2.44. The summed E-state index contributed by atoms with van der Waals surface area (Å²) in [4.78, 5) is 11.6. The highest BCUT2D eigenvalue weighted by Crippen LogP contribution is 2.34. The second kappa shape index (κ2) is 5.34. The molecule has 0 saturated carbocycles. The fourth-order valence-corrected chi connectivity index (χ4v) is 2.05. The van der Waals surface area contributed by atoms with Crippen LogP contribution in [0.4, 0.5) is 0 Å². The van der Waals surface area contributed by atoms with Crippen LogP contribution in [0.2, 0.25) is 0 Å². The van der Waals surface area contributed by atoms with Crippen LogP contribution in [-0.2, 0) is 9.53 Å². The van der Waals surface area contributed by atoms with E-state index < -0.39 is 0 Å². The first-order valence-corrected chi connectivity index (χ1v) is 5.66. The van der Waals surface area contributed by atoms with Crippen LogP contribution in [-0.4, -0.2) is 11.6 Å². The molecule has 0 bridgehead atoms. The fraction of sp³-hybridized carbons (Fsp3) is 0.769. The van der Waals surface area contributed by atoms with Crippen LogP contribution in [0.25, 0.3) is 0 Å². The molecule has 0 N–H and O–H groups in total. The van der Waals surface area contributed by atoms with E-state index in [1.54, 1.807) is 6.92 Å². The Morgan fingerprint density at radius 2 is 1.67 bits per heavy atom. The molecule has 0 amide bonds. The molecule has 0 fully saturated rings. The zero-order chi connectivity index (χ0) is 12.2. The van der Waals surface area contributed by atoms with Gasteiger partial charge in [0.15, 0.2) is 0 Å². The largest absolute Gasteiger partial charge is 0.455 e. The van der Waals surface area contributed by atoms with E-state index in [9.17, 15) is 4.79 Å². The van der Waals surface area contributed by atoms with Crippen molar-refractivity contribution in [3.63, 3.8) is 0 Å². The minimum atomic E-state index is -0.365. The first kappa shape index (κ1) is 14.2. The third kappa shape index (κ3) is 3.08. The van der Waals surface area contributed by atoms with Crippen molar-refractivity contribution in [3.8, 4) is 0 Å². The number of carbonyl (C=O) groups excluding carboxylic acids is 1. The number of rotatable bonds is 5. The maximum atomic E-state index is 11.6. The Balaban J connectivity index is 4.94. The number of hydrogen-bond acceptors (Lipinski definition) is 2. The van der Waals surface area contributed by atoms with E-state index in [4.69, 9.17) is 4.74 Å². The van der Waals surface area contributed by atoms with Crippen molar-refractivity contribution in [1.82, 2.24) is 0 Å². The average molecular weight is 212 g/mol. The van der Waals surface area contributed by atoms with Gasteiger partial charge in [0.25, 0.3) is 0 Å². The van der Waals surface area contributed by atoms with Gasteiger partial charge in [-0.15, -0.1) is 0 Å². The second-order valence-electron chi connectivity index (χ2n) is 4.79. The Bertz CT molecular complexity index is 231. The summed E-state index contributed by atoms with van der Waals surface area (Å²) in [5.74, 6) is 0.343. The van der Waals surface area contributed by atoms with Gasteiger partial charge in [0.2, 0.25) is 0 Å². The van der Waals surface area contributed by atoms with Gasteiger partial charge in [-0.3, -0.25) is 0 Å². The molecule has 0 aliphatic heterocycles. The Labute approximate surface area is 93.7 Å². The molecule has 0 aromatic carbocycles. The average Bonchev–Trinajstić information content (AvgIpc) is 2.12. The summed E-state index contributed by atoms with van der Waals surface area (Å²) in [6.07, 6.45) is 0.835. The highest BCUT2D eigenvalue weighted by molar-refractivity contribution is 5.87. The summed E-state index contributed by atoms with van der Waals surface area (Å²) in [7, 11) is 0. The summed E-state index contributed by atoms with van der Waals surface area (Å²) >= 11 is 0. The first-order chi connectivity index (χ1) is 6.77.